The number of carbonyl (C=O) groups is 1. The number of urea groups is 1. The third-order valence-electron chi connectivity index (χ3n) is 5.10. The Hall–Kier alpha value is -3.15. The summed E-state index contributed by atoms with van der Waals surface area (Å²) in [6.07, 6.45) is 4.43. The number of nitrogens with one attached hydrogen (secondary N) is 1. The topological polar surface area (TPSA) is 63.1 Å². The summed E-state index contributed by atoms with van der Waals surface area (Å²) < 4.78 is 2.18. The fourth-order valence-corrected chi connectivity index (χ4v) is 3.52. The molecule has 1 N–H and O–H groups in total. The van der Waals surface area contributed by atoms with Crippen LogP contribution < -0.4 is 10.2 Å². The lowest BCUT2D eigenvalue weighted by molar-refractivity contribution is 0.256. The number of rotatable bonds is 4. The molecule has 0 aliphatic carbocycles. The second-order valence-corrected chi connectivity index (χ2v) is 7.21. The molecule has 2 aromatic carbocycles. The standard InChI is InChI=1S/C22H25N5O/c1-17-11-13-19(14-12-17)27(22(28)23-18-8-4-2-5-9-18)16-21-25-24-20-10-6-3-7-15-26(20)21/h2,4-5,8-9,11-14H,3,6-7,10,15-16H2,1H3,(H,23,28). The normalized spacial score (nSPS) is 13.5. The Bertz CT molecular complexity index is 933. The molecule has 0 saturated heterocycles. The number of hydrogen-bond donors (Lipinski definition) is 1. The van der Waals surface area contributed by atoms with Crippen LogP contribution in [0.5, 0.6) is 0 Å². The first kappa shape index (κ1) is 18.2. The first-order valence-corrected chi connectivity index (χ1v) is 9.82. The van der Waals surface area contributed by atoms with E-state index >= 15 is 0 Å². The number of nitrogens with zero attached hydrogens (tertiary/aromatic N) is 4. The van der Waals surface area contributed by atoms with Gasteiger partial charge >= 0.3 is 6.03 Å². The molecule has 6 nitrogen and oxygen atoms in total. The Morgan fingerprint density at radius 1 is 1.04 bits per heavy atom. The molecule has 2 heterocycles. The molecule has 3 aromatic rings. The van der Waals surface area contributed by atoms with E-state index in [1.54, 1.807) is 4.90 Å². The predicted molar refractivity (Wildman–Crippen MR) is 110 cm³/mol. The van der Waals surface area contributed by atoms with Gasteiger partial charge in [0.15, 0.2) is 5.82 Å². The number of carbonyl (C=O) groups excluding carboxylic acids is 1. The van der Waals surface area contributed by atoms with Gasteiger partial charge in [0.1, 0.15) is 5.82 Å². The van der Waals surface area contributed by atoms with Crippen LogP contribution in [0.1, 0.15) is 36.5 Å². The molecular weight excluding hydrogens is 350 g/mol. The van der Waals surface area contributed by atoms with Crippen molar-refractivity contribution in [1.82, 2.24) is 14.8 Å². The first-order chi connectivity index (χ1) is 13.7. The molecule has 4 rings (SSSR count). The molecule has 0 spiro atoms. The molecule has 1 aromatic heterocycles. The van der Waals surface area contributed by atoms with Crippen LogP contribution in [-0.2, 0) is 19.5 Å². The molecule has 0 bridgehead atoms. The molecule has 144 valence electrons. The Labute approximate surface area is 165 Å². The summed E-state index contributed by atoms with van der Waals surface area (Å²) in [6, 6.07) is 17.3. The van der Waals surface area contributed by atoms with Crippen molar-refractivity contribution in [1.29, 1.82) is 0 Å². The quantitative estimate of drug-likeness (QED) is 0.727. The van der Waals surface area contributed by atoms with E-state index < -0.39 is 0 Å². The van der Waals surface area contributed by atoms with Gasteiger partial charge in [-0.25, -0.2) is 4.79 Å². The van der Waals surface area contributed by atoms with Gasteiger partial charge in [0, 0.05) is 24.3 Å². The molecule has 28 heavy (non-hydrogen) atoms. The average Bonchev–Trinajstić information content (AvgIpc) is 2.93. The third kappa shape index (κ3) is 4.06. The minimum absolute atomic E-state index is 0.180. The summed E-state index contributed by atoms with van der Waals surface area (Å²) in [4.78, 5) is 14.8. The van der Waals surface area contributed by atoms with E-state index in [0.717, 1.165) is 54.4 Å². The number of amides is 2. The van der Waals surface area contributed by atoms with Gasteiger partial charge in [0.05, 0.1) is 6.54 Å². The SMILES string of the molecule is Cc1ccc(N(Cc2nnc3n2CCCCC3)C(=O)Nc2ccccc2)cc1. The van der Waals surface area contributed by atoms with Crippen LogP contribution in [0.3, 0.4) is 0 Å². The van der Waals surface area contributed by atoms with Gasteiger partial charge in [-0.15, -0.1) is 10.2 Å². The van der Waals surface area contributed by atoms with Gasteiger partial charge < -0.3 is 9.88 Å². The van der Waals surface area contributed by atoms with Gasteiger partial charge in [-0.1, -0.05) is 42.3 Å². The average molecular weight is 375 g/mol. The summed E-state index contributed by atoms with van der Waals surface area (Å²) in [7, 11) is 0. The smallest absolute Gasteiger partial charge is 0.313 e. The fourth-order valence-electron chi connectivity index (χ4n) is 3.52. The maximum absolute atomic E-state index is 13.1. The minimum Gasteiger partial charge on any atom is -0.313 e. The van der Waals surface area contributed by atoms with Crippen LogP contribution in [0.15, 0.2) is 54.6 Å². The van der Waals surface area contributed by atoms with Crippen LogP contribution in [0.4, 0.5) is 16.2 Å². The summed E-state index contributed by atoms with van der Waals surface area (Å²) in [5.74, 6) is 1.86. The van der Waals surface area contributed by atoms with Crippen molar-refractivity contribution in [2.24, 2.45) is 0 Å². The lowest BCUT2D eigenvalue weighted by Crippen LogP contribution is -2.35. The Balaban J connectivity index is 1.62. The highest BCUT2D eigenvalue weighted by molar-refractivity contribution is 6.01. The van der Waals surface area contributed by atoms with E-state index in [9.17, 15) is 4.79 Å². The van der Waals surface area contributed by atoms with Crippen molar-refractivity contribution in [2.45, 2.75) is 45.7 Å². The van der Waals surface area contributed by atoms with Gasteiger partial charge in [0.25, 0.3) is 0 Å². The number of aryl methyl sites for hydroxylation is 2. The molecule has 2 amide bonds. The van der Waals surface area contributed by atoms with Crippen LogP contribution in [0.25, 0.3) is 0 Å². The minimum atomic E-state index is -0.180. The Morgan fingerprint density at radius 3 is 2.61 bits per heavy atom. The summed E-state index contributed by atoms with van der Waals surface area (Å²) >= 11 is 0. The maximum atomic E-state index is 13.1. The van der Waals surface area contributed by atoms with E-state index in [1.165, 1.54) is 6.42 Å². The molecule has 6 heteroatoms. The molecule has 0 radical (unpaired) electrons. The van der Waals surface area contributed by atoms with Crippen LogP contribution in [-0.4, -0.2) is 20.8 Å². The molecular formula is C22H25N5O. The van der Waals surface area contributed by atoms with Crippen LogP contribution >= 0.6 is 0 Å². The zero-order valence-electron chi connectivity index (χ0n) is 16.1. The maximum Gasteiger partial charge on any atom is 0.326 e. The highest BCUT2D eigenvalue weighted by atomic mass is 16.2. The molecule has 0 saturated carbocycles. The summed E-state index contributed by atoms with van der Waals surface area (Å²) in [6.45, 7) is 3.34. The number of hydrogen-bond acceptors (Lipinski definition) is 3. The molecule has 0 fully saturated rings. The molecule has 0 unspecified atom stereocenters. The zero-order valence-corrected chi connectivity index (χ0v) is 16.1. The van der Waals surface area contributed by atoms with Crippen molar-refractivity contribution in [3.8, 4) is 0 Å². The predicted octanol–water partition coefficient (Wildman–Crippen LogP) is 4.55. The zero-order chi connectivity index (χ0) is 19.3. The molecule has 0 atom stereocenters. The lowest BCUT2D eigenvalue weighted by atomic mass is 10.2. The van der Waals surface area contributed by atoms with Crippen LogP contribution in [0.2, 0.25) is 0 Å². The number of anilines is 2. The van der Waals surface area contributed by atoms with Gasteiger partial charge in [-0.2, -0.15) is 0 Å². The fraction of sp³-hybridized carbons (Fsp3) is 0.318. The van der Waals surface area contributed by atoms with E-state index in [1.807, 2.05) is 61.5 Å². The number of aromatic nitrogens is 3. The second kappa shape index (κ2) is 8.25. The summed E-state index contributed by atoms with van der Waals surface area (Å²) in [5, 5.41) is 11.8. The van der Waals surface area contributed by atoms with Crippen molar-refractivity contribution < 1.29 is 4.79 Å². The van der Waals surface area contributed by atoms with Gasteiger partial charge in [-0.3, -0.25) is 4.90 Å². The van der Waals surface area contributed by atoms with Crippen molar-refractivity contribution >= 4 is 17.4 Å². The number of para-hydroxylation sites is 1. The largest absolute Gasteiger partial charge is 0.326 e. The second-order valence-electron chi connectivity index (χ2n) is 7.21. The molecule has 1 aliphatic rings. The lowest BCUT2D eigenvalue weighted by Gasteiger charge is -2.23. The van der Waals surface area contributed by atoms with Gasteiger partial charge in [-0.05, 0) is 44.0 Å². The monoisotopic (exact) mass is 375 g/mol. The van der Waals surface area contributed by atoms with Crippen molar-refractivity contribution in [3.05, 3.63) is 71.8 Å². The highest BCUT2D eigenvalue weighted by Gasteiger charge is 2.22. The Kier molecular flexibility index (Phi) is 5.37. The van der Waals surface area contributed by atoms with Crippen molar-refractivity contribution in [2.75, 3.05) is 10.2 Å². The van der Waals surface area contributed by atoms with E-state index in [2.05, 4.69) is 20.1 Å². The number of fused-ring (bicyclic) bond motifs is 1. The van der Waals surface area contributed by atoms with E-state index in [0.29, 0.717) is 6.54 Å². The highest BCUT2D eigenvalue weighted by Crippen LogP contribution is 2.21. The van der Waals surface area contributed by atoms with Crippen molar-refractivity contribution in [3.63, 3.8) is 0 Å². The third-order valence-corrected chi connectivity index (χ3v) is 5.10. The first-order valence-electron chi connectivity index (χ1n) is 9.82. The van der Waals surface area contributed by atoms with E-state index in [-0.39, 0.29) is 6.03 Å². The number of benzene rings is 2. The van der Waals surface area contributed by atoms with Crippen LogP contribution in [0, 0.1) is 6.92 Å². The van der Waals surface area contributed by atoms with Gasteiger partial charge in [0.2, 0.25) is 0 Å². The summed E-state index contributed by atoms with van der Waals surface area (Å²) in [5.41, 5.74) is 2.76. The van der Waals surface area contributed by atoms with E-state index in [4.69, 9.17) is 0 Å². The molecule has 1 aliphatic heterocycles. The Morgan fingerprint density at radius 2 is 1.82 bits per heavy atom.